The molecule has 1 aromatic carbocycles. The number of Topliss-reactive ketones (excluding diaryl/α,β-unsaturated/α-hetero) is 1. The molecule has 0 saturated carbocycles. The molecule has 0 spiro atoms. The quantitative estimate of drug-likeness (QED) is 0.560. The lowest BCUT2D eigenvalue weighted by atomic mass is 10.3. The molecule has 1 rings (SSSR count). The molecule has 0 radical (unpaired) electrons. The molecule has 1 aromatic rings. The highest BCUT2D eigenvalue weighted by molar-refractivity contribution is 7.99. The normalized spacial score (nSPS) is 10.6. The molecule has 0 aliphatic carbocycles. The van der Waals surface area contributed by atoms with Crippen LogP contribution in [0.25, 0.3) is 0 Å². The Balaban J connectivity index is 2.31. The molecule has 0 saturated heterocycles. The van der Waals surface area contributed by atoms with Gasteiger partial charge in [-0.1, -0.05) is 12.2 Å². The summed E-state index contributed by atoms with van der Waals surface area (Å²) in [5.41, 5.74) is 0. The molecule has 0 aliphatic rings. The maximum absolute atomic E-state index is 10.7. The summed E-state index contributed by atoms with van der Waals surface area (Å²) in [6.45, 7) is 1.60. The Morgan fingerprint density at radius 3 is 2.56 bits per heavy atom. The van der Waals surface area contributed by atoms with Crippen molar-refractivity contribution >= 4 is 17.5 Å². The Bertz CT molecular complexity index is 355. The molecule has 0 aliphatic heterocycles. The monoisotopic (exact) mass is 236 g/mol. The Hall–Kier alpha value is -1.22. The van der Waals surface area contributed by atoms with Crippen LogP contribution in [0.1, 0.15) is 13.3 Å². The van der Waals surface area contributed by atoms with E-state index in [2.05, 4.69) is 0 Å². The Morgan fingerprint density at radius 2 is 2.00 bits per heavy atom. The SMILES string of the molecule is COc1ccc(SC/C=C/CC(C)=O)cc1. The number of hydrogen-bond acceptors (Lipinski definition) is 3. The van der Waals surface area contributed by atoms with Gasteiger partial charge in [-0.3, -0.25) is 4.79 Å². The van der Waals surface area contributed by atoms with Crippen molar-refractivity contribution in [2.24, 2.45) is 0 Å². The molecule has 0 heterocycles. The van der Waals surface area contributed by atoms with Crippen LogP contribution in [0.2, 0.25) is 0 Å². The molecular formula is C13H16O2S. The highest BCUT2D eigenvalue weighted by Gasteiger charge is 1.93. The highest BCUT2D eigenvalue weighted by Crippen LogP contribution is 2.21. The lowest BCUT2D eigenvalue weighted by Crippen LogP contribution is -1.84. The summed E-state index contributed by atoms with van der Waals surface area (Å²) in [4.78, 5) is 11.9. The number of carbonyl (C=O) groups excluding carboxylic acids is 1. The van der Waals surface area contributed by atoms with E-state index in [0.29, 0.717) is 6.42 Å². The summed E-state index contributed by atoms with van der Waals surface area (Å²) in [5, 5.41) is 0. The number of benzene rings is 1. The van der Waals surface area contributed by atoms with Gasteiger partial charge in [-0.25, -0.2) is 0 Å². The fourth-order valence-electron chi connectivity index (χ4n) is 1.13. The fraction of sp³-hybridized carbons (Fsp3) is 0.308. The van der Waals surface area contributed by atoms with Crippen LogP contribution in [-0.2, 0) is 4.79 Å². The van der Waals surface area contributed by atoms with Gasteiger partial charge in [-0.05, 0) is 31.2 Å². The van der Waals surface area contributed by atoms with Gasteiger partial charge in [-0.2, -0.15) is 0 Å². The number of hydrogen-bond donors (Lipinski definition) is 0. The van der Waals surface area contributed by atoms with Crippen molar-refractivity contribution in [2.45, 2.75) is 18.2 Å². The largest absolute Gasteiger partial charge is 0.497 e. The molecule has 0 unspecified atom stereocenters. The van der Waals surface area contributed by atoms with Crippen LogP contribution in [0.4, 0.5) is 0 Å². The van der Waals surface area contributed by atoms with E-state index in [-0.39, 0.29) is 5.78 Å². The first kappa shape index (κ1) is 12.8. The third-order valence-electron chi connectivity index (χ3n) is 1.98. The molecule has 0 amide bonds. The Morgan fingerprint density at radius 1 is 1.31 bits per heavy atom. The smallest absolute Gasteiger partial charge is 0.133 e. The zero-order valence-electron chi connectivity index (χ0n) is 9.60. The molecule has 0 aromatic heterocycles. The predicted octanol–water partition coefficient (Wildman–Crippen LogP) is 3.32. The van der Waals surface area contributed by atoms with E-state index >= 15 is 0 Å². The molecule has 0 fully saturated rings. The summed E-state index contributed by atoms with van der Waals surface area (Å²) in [5.74, 6) is 1.96. The zero-order valence-corrected chi connectivity index (χ0v) is 10.4. The van der Waals surface area contributed by atoms with Crippen molar-refractivity contribution in [3.63, 3.8) is 0 Å². The lowest BCUT2D eigenvalue weighted by Gasteiger charge is -2.01. The van der Waals surface area contributed by atoms with Crippen LogP contribution in [-0.4, -0.2) is 18.6 Å². The van der Waals surface area contributed by atoms with Crippen LogP contribution in [0.3, 0.4) is 0 Å². The minimum Gasteiger partial charge on any atom is -0.497 e. The Kier molecular flexibility index (Phi) is 5.72. The second kappa shape index (κ2) is 7.12. The number of ketones is 1. The first-order valence-corrected chi connectivity index (χ1v) is 6.12. The minimum atomic E-state index is 0.200. The lowest BCUT2D eigenvalue weighted by molar-refractivity contribution is -0.116. The van der Waals surface area contributed by atoms with Gasteiger partial charge in [0.15, 0.2) is 0 Å². The maximum Gasteiger partial charge on any atom is 0.133 e. The third kappa shape index (κ3) is 5.03. The molecule has 0 atom stereocenters. The van der Waals surface area contributed by atoms with Crippen molar-refractivity contribution < 1.29 is 9.53 Å². The van der Waals surface area contributed by atoms with E-state index < -0.39 is 0 Å². The summed E-state index contributed by atoms with van der Waals surface area (Å²) < 4.78 is 5.08. The van der Waals surface area contributed by atoms with Crippen molar-refractivity contribution in [3.05, 3.63) is 36.4 Å². The van der Waals surface area contributed by atoms with Crippen molar-refractivity contribution in [2.75, 3.05) is 12.9 Å². The predicted molar refractivity (Wildman–Crippen MR) is 68.2 cm³/mol. The van der Waals surface area contributed by atoms with E-state index in [4.69, 9.17) is 4.74 Å². The summed E-state index contributed by atoms with van der Waals surface area (Å²) in [7, 11) is 1.66. The number of methoxy groups -OCH3 is 1. The fourth-order valence-corrected chi connectivity index (χ4v) is 1.89. The number of thioether (sulfide) groups is 1. The molecule has 3 heteroatoms. The van der Waals surface area contributed by atoms with E-state index in [1.165, 1.54) is 4.90 Å². The van der Waals surface area contributed by atoms with Crippen molar-refractivity contribution in [1.29, 1.82) is 0 Å². The van der Waals surface area contributed by atoms with Gasteiger partial charge in [0.2, 0.25) is 0 Å². The average Bonchev–Trinajstić information content (AvgIpc) is 2.29. The molecule has 16 heavy (non-hydrogen) atoms. The third-order valence-corrected chi connectivity index (χ3v) is 2.94. The average molecular weight is 236 g/mol. The first-order valence-electron chi connectivity index (χ1n) is 5.13. The number of rotatable bonds is 6. The van der Waals surface area contributed by atoms with Crippen LogP contribution >= 0.6 is 11.8 Å². The van der Waals surface area contributed by atoms with Crippen LogP contribution in [0.15, 0.2) is 41.3 Å². The van der Waals surface area contributed by atoms with Gasteiger partial charge in [0.05, 0.1) is 7.11 Å². The standard InChI is InChI=1S/C13H16O2S/c1-11(14)5-3-4-10-16-13-8-6-12(15-2)7-9-13/h3-4,6-9H,5,10H2,1-2H3/b4-3+. The van der Waals surface area contributed by atoms with E-state index in [1.54, 1.807) is 25.8 Å². The van der Waals surface area contributed by atoms with Gasteiger partial charge in [-0.15, -0.1) is 11.8 Å². The van der Waals surface area contributed by atoms with Gasteiger partial charge >= 0.3 is 0 Å². The highest BCUT2D eigenvalue weighted by atomic mass is 32.2. The molecule has 86 valence electrons. The van der Waals surface area contributed by atoms with Gasteiger partial charge < -0.3 is 4.74 Å². The van der Waals surface area contributed by atoms with Crippen molar-refractivity contribution in [3.8, 4) is 5.75 Å². The van der Waals surface area contributed by atoms with Crippen molar-refractivity contribution in [1.82, 2.24) is 0 Å². The summed E-state index contributed by atoms with van der Waals surface area (Å²) >= 11 is 1.74. The first-order chi connectivity index (χ1) is 7.72. The zero-order chi connectivity index (χ0) is 11.8. The van der Waals surface area contributed by atoms with Crippen LogP contribution < -0.4 is 4.74 Å². The number of allylic oxidation sites excluding steroid dienone is 1. The molecule has 0 bridgehead atoms. The topological polar surface area (TPSA) is 26.3 Å². The van der Waals surface area contributed by atoms with E-state index in [9.17, 15) is 4.79 Å². The minimum absolute atomic E-state index is 0.200. The Labute approximate surface area is 101 Å². The maximum atomic E-state index is 10.7. The number of carbonyl (C=O) groups is 1. The van der Waals surface area contributed by atoms with Gasteiger partial charge in [0.1, 0.15) is 11.5 Å². The van der Waals surface area contributed by atoms with E-state index in [1.807, 2.05) is 36.4 Å². The van der Waals surface area contributed by atoms with Crippen LogP contribution in [0.5, 0.6) is 5.75 Å². The second-order valence-electron chi connectivity index (χ2n) is 3.36. The molecule has 2 nitrogen and oxygen atoms in total. The summed E-state index contributed by atoms with van der Waals surface area (Å²) in [6, 6.07) is 7.95. The van der Waals surface area contributed by atoms with Gasteiger partial charge in [0, 0.05) is 17.1 Å². The molecular weight excluding hydrogens is 220 g/mol. The van der Waals surface area contributed by atoms with E-state index in [0.717, 1.165) is 11.5 Å². The summed E-state index contributed by atoms with van der Waals surface area (Å²) in [6.07, 6.45) is 4.47. The second-order valence-corrected chi connectivity index (χ2v) is 4.46. The number of ether oxygens (including phenoxy) is 1. The molecule has 0 N–H and O–H groups in total. The van der Waals surface area contributed by atoms with Gasteiger partial charge in [0.25, 0.3) is 0 Å². The van der Waals surface area contributed by atoms with Crippen LogP contribution in [0, 0.1) is 0 Å².